The number of nitrogens with zero attached hydrogens (tertiary/aromatic N) is 1. The number of aliphatic imine (C=N–C) groups is 1. The zero-order chi connectivity index (χ0) is 10.1. The van der Waals surface area contributed by atoms with Crippen LogP contribution in [0.15, 0.2) is 40.6 Å². The Balaban J connectivity index is 2.42. The van der Waals surface area contributed by atoms with Crippen molar-refractivity contribution >= 4 is 23.1 Å². The number of hydrogen-bond acceptors (Lipinski definition) is 2. The summed E-state index contributed by atoms with van der Waals surface area (Å²) in [5.41, 5.74) is 1.35. The Kier molecular flexibility index (Phi) is 2.33. The maximum Gasteiger partial charge on any atom is 0.189 e. The molecule has 0 spiro atoms. The van der Waals surface area contributed by atoms with Gasteiger partial charge in [-0.3, -0.25) is 9.79 Å². The molecule has 1 heterocycles. The molecule has 2 nitrogen and oxygen atoms in total. The lowest BCUT2D eigenvalue weighted by Gasteiger charge is -2.15. The van der Waals surface area contributed by atoms with Gasteiger partial charge in [-0.05, 0) is 18.2 Å². The maximum atomic E-state index is 12.9. The van der Waals surface area contributed by atoms with E-state index in [1.54, 1.807) is 0 Å². The Morgan fingerprint density at radius 2 is 2.36 bits per heavy atom. The van der Waals surface area contributed by atoms with Crippen molar-refractivity contribution in [2.45, 2.75) is 6.17 Å². The number of rotatable bonds is 1. The van der Waals surface area contributed by atoms with E-state index in [1.807, 2.05) is 0 Å². The number of halogens is 2. The molecule has 4 heteroatoms. The van der Waals surface area contributed by atoms with E-state index >= 15 is 0 Å². The third kappa shape index (κ3) is 1.55. The van der Waals surface area contributed by atoms with Crippen LogP contribution < -0.4 is 0 Å². The lowest BCUT2D eigenvalue weighted by Crippen LogP contribution is -2.19. The van der Waals surface area contributed by atoms with Gasteiger partial charge in [0.2, 0.25) is 0 Å². The normalized spacial score (nSPS) is 25.1. The highest BCUT2D eigenvalue weighted by Gasteiger charge is 2.22. The SMILES string of the molecule is O=C1C=C(CCl)N=C2C=CC(F)C=C12. The second kappa shape index (κ2) is 3.50. The molecule has 0 N–H and O–H groups in total. The third-order valence-corrected chi connectivity index (χ3v) is 2.28. The summed E-state index contributed by atoms with van der Waals surface area (Å²) in [4.78, 5) is 15.6. The minimum absolute atomic E-state index is 0.190. The molecular formula is C10H7ClFNO. The number of ketones is 1. The maximum absolute atomic E-state index is 12.9. The highest BCUT2D eigenvalue weighted by molar-refractivity contribution is 6.32. The highest BCUT2D eigenvalue weighted by atomic mass is 35.5. The van der Waals surface area contributed by atoms with E-state index in [0.29, 0.717) is 17.0 Å². The molecule has 72 valence electrons. The van der Waals surface area contributed by atoms with Crippen LogP contribution >= 0.6 is 11.6 Å². The highest BCUT2D eigenvalue weighted by Crippen LogP contribution is 2.20. The molecule has 0 aromatic carbocycles. The standard InChI is InChI=1S/C10H7ClFNO/c11-5-7-4-10(14)8-3-6(12)1-2-9(8)13-7/h1-4,6H,5H2. The van der Waals surface area contributed by atoms with Crippen molar-refractivity contribution in [1.82, 2.24) is 0 Å². The first-order chi connectivity index (χ1) is 6.70. The Hall–Kier alpha value is -1.22. The van der Waals surface area contributed by atoms with E-state index < -0.39 is 6.17 Å². The van der Waals surface area contributed by atoms with Gasteiger partial charge in [-0.1, -0.05) is 0 Å². The molecule has 0 aromatic heterocycles. The molecule has 0 saturated heterocycles. The molecular weight excluding hydrogens is 205 g/mol. The zero-order valence-corrected chi connectivity index (χ0v) is 7.96. The van der Waals surface area contributed by atoms with E-state index in [2.05, 4.69) is 4.99 Å². The van der Waals surface area contributed by atoms with Crippen LogP contribution in [-0.2, 0) is 4.79 Å². The van der Waals surface area contributed by atoms with Crippen LogP contribution in [-0.4, -0.2) is 23.5 Å². The van der Waals surface area contributed by atoms with Gasteiger partial charge in [0, 0.05) is 11.6 Å². The van der Waals surface area contributed by atoms with Gasteiger partial charge in [0.05, 0.1) is 17.3 Å². The predicted octanol–water partition coefficient (Wildman–Crippen LogP) is 1.97. The van der Waals surface area contributed by atoms with E-state index in [1.165, 1.54) is 24.3 Å². The van der Waals surface area contributed by atoms with Gasteiger partial charge < -0.3 is 0 Å². The summed E-state index contributed by atoms with van der Waals surface area (Å²) in [6.45, 7) is 0. The average Bonchev–Trinajstić information content (AvgIpc) is 2.19. The second-order valence-electron chi connectivity index (χ2n) is 3.01. The van der Waals surface area contributed by atoms with Crippen LogP contribution in [0.3, 0.4) is 0 Å². The fourth-order valence-electron chi connectivity index (χ4n) is 1.36. The van der Waals surface area contributed by atoms with Crippen molar-refractivity contribution in [3.8, 4) is 0 Å². The Morgan fingerprint density at radius 3 is 3.07 bits per heavy atom. The second-order valence-corrected chi connectivity index (χ2v) is 3.28. The molecule has 1 unspecified atom stereocenters. The average molecular weight is 212 g/mol. The quantitative estimate of drug-likeness (QED) is 0.610. The molecule has 2 aliphatic rings. The van der Waals surface area contributed by atoms with Gasteiger partial charge in [0.1, 0.15) is 6.17 Å². The van der Waals surface area contributed by atoms with E-state index in [-0.39, 0.29) is 11.7 Å². The minimum atomic E-state index is -1.20. The molecule has 14 heavy (non-hydrogen) atoms. The first-order valence-electron chi connectivity index (χ1n) is 4.15. The summed E-state index contributed by atoms with van der Waals surface area (Å²) in [7, 11) is 0. The topological polar surface area (TPSA) is 29.4 Å². The number of hydrogen-bond donors (Lipinski definition) is 0. The minimum Gasteiger partial charge on any atom is -0.289 e. The molecule has 0 radical (unpaired) electrons. The lowest BCUT2D eigenvalue weighted by atomic mass is 9.96. The van der Waals surface area contributed by atoms with E-state index in [0.717, 1.165) is 0 Å². The number of fused-ring (bicyclic) bond motifs is 1. The van der Waals surface area contributed by atoms with Crippen LogP contribution in [0.5, 0.6) is 0 Å². The summed E-state index contributed by atoms with van der Waals surface area (Å²) in [5, 5.41) is 0. The van der Waals surface area contributed by atoms with Crippen LogP contribution in [0, 0.1) is 0 Å². The molecule has 0 saturated carbocycles. The van der Waals surface area contributed by atoms with Crippen molar-refractivity contribution in [2.24, 2.45) is 4.99 Å². The molecule has 0 amide bonds. The van der Waals surface area contributed by atoms with Crippen LogP contribution in [0.1, 0.15) is 0 Å². The van der Waals surface area contributed by atoms with Gasteiger partial charge in [-0.15, -0.1) is 11.6 Å². The monoisotopic (exact) mass is 211 g/mol. The van der Waals surface area contributed by atoms with Crippen LogP contribution in [0.25, 0.3) is 0 Å². The summed E-state index contributed by atoms with van der Waals surface area (Å²) in [6, 6.07) is 0. The summed E-state index contributed by atoms with van der Waals surface area (Å²) < 4.78 is 12.9. The molecule has 1 aliphatic carbocycles. The Labute approximate surface area is 85.5 Å². The van der Waals surface area contributed by atoms with E-state index in [9.17, 15) is 9.18 Å². The van der Waals surface area contributed by atoms with Gasteiger partial charge in [-0.2, -0.15) is 0 Å². The van der Waals surface area contributed by atoms with Crippen LogP contribution in [0.2, 0.25) is 0 Å². The third-order valence-electron chi connectivity index (χ3n) is 2.00. The van der Waals surface area contributed by atoms with Crippen molar-refractivity contribution in [3.63, 3.8) is 0 Å². The predicted molar refractivity (Wildman–Crippen MR) is 53.4 cm³/mol. The number of carbonyl (C=O) groups is 1. The first kappa shape index (κ1) is 9.34. The smallest absolute Gasteiger partial charge is 0.189 e. The van der Waals surface area contributed by atoms with Crippen molar-refractivity contribution in [2.75, 3.05) is 5.88 Å². The first-order valence-corrected chi connectivity index (χ1v) is 4.68. The van der Waals surface area contributed by atoms with Crippen molar-refractivity contribution < 1.29 is 9.18 Å². The van der Waals surface area contributed by atoms with Crippen molar-refractivity contribution in [3.05, 3.63) is 35.6 Å². The fraction of sp³-hybridized carbons (Fsp3) is 0.200. The summed E-state index contributed by atoms with van der Waals surface area (Å²) >= 11 is 5.56. The van der Waals surface area contributed by atoms with Gasteiger partial charge in [0.15, 0.2) is 5.78 Å². The van der Waals surface area contributed by atoms with Gasteiger partial charge in [-0.25, -0.2) is 4.39 Å². The van der Waals surface area contributed by atoms with Gasteiger partial charge >= 0.3 is 0 Å². The van der Waals surface area contributed by atoms with Crippen molar-refractivity contribution in [1.29, 1.82) is 0 Å². The zero-order valence-electron chi connectivity index (χ0n) is 7.21. The number of alkyl halides is 2. The van der Waals surface area contributed by atoms with Crippen LogP contribution in [0.4, 0.5) is 4.39 Å². The molecule has 0 aromatic rings. The molecule has 0 fully saturated rings. The lowest BCUT2D eigenvalue weighted by molar-refractivity contribution is -0.111. The molecule has 2 rings (SSSR count). The molecule has 1 aliphatic heterocycles. The fourth-order valence-corrected chi connectivity index (χ4v) is 1.50. The Morgan fingerprint density at radius 1 is 1.57 bits per heavy atom. The van der Waals surface area contributed by atoms with Gasteiger partial charge in [0.25, 0.3) is 0 Å². The molecule has 1 atom stereocenters. The molecule has 0 bridgehead atoms. The largest absolute Gasteiger partial charge is 0.289 e. The van der Waals surface area contributed by atoms with E-state index in [4.69, 9.17) is 11.6 Å². The summed E-state index contributed by atoms with van der Waals surface area (Å²) in [6.07, 6.45) is 4.28. The number of allylic oxidation sites excluding steroid dienone is 6. The summed E-state index contributed by atoms with van der Waals surface area (Å²) in [5.74, 6) is -0.0345. The Bertz CT molecular complexity index is 406. The number of carbonyl (C=O) groups excluding carboxylic acids is 1.